The molecule has 0 atom stereocenters. The summed E-state index contributed by atoms with van der Waals surface area (Å²) >= 11 is 0. The molecule has 0 heterocycles. The molecule has 0 saturated heterocycles. The lowest BCUT2D eigenvalue weighted by Gasteiger charge is -1.89. The highest BCUT2D eigenvalue weighted by Crippen LogP contribution is 2.25. The van der Waals surface area contributed by atoms with Crippen LogP contribution >= 0.6 is 0 Å². The van der Waals surface area contributed by atoms with E-state index in [1.54, 1.807) is 0 Å². The van der Waals surface area contributed by atoms with Gasteiger partial charge in [-0.25, -0.2) is 0 Å². The topological polar surface area (TPSA) is 11.3 Å². The Balaban J connectivity index is 1.83. The highest BCUT2D eigenvalue weighted by Gasteiger charge is 2.13. The van der Waals surface area contributed by atoms with Crippen LogP contribution in [0.15, 0.2) is 0 Å². The van der Waals surface area contributed by atoms with Crippen molar-refractivity contribution in [3.63, 3.8) is 0 Å². The third-order valence-corrected chi connectivity index (χ3v) is 1.80. The van der Waals surface area contributed by atoms with Crippen LogP contribution in [0.25, 0.3) is 0 Å². The van der Waals surface area contributed by atoms with Crippen LogP contribution in [0.2, 0.25) is 0 Å². The van der Waals surface area contributed by atoms with Gasteiger partial charge in [0.2, 0.25) is 6.61 Å². The molecule has 0 bridgehead atoms. The first-order valence-corrected chi connectivity index (χ1v) is 4.70. The van der Waals surface area contributed by atoms with Crippen LogP contribution in [0.1, 0.15) is 39.0 Å². The maximum absolute atomic E-state index is 5.24. The van der Waals surface area contributed by atoms with Gasteiger partial charge in [-0.1, -0.05) is 18.8 Å². The molecule has 0 aromatic rings. The summed E-state index contributed by atoms with van der Waals surface area (Å²) in [7, 11) is 0. The second kappa shape index (κ2) is 5.83. The molecule has 0 N–H and O–H groups in total. The highest BCUT2D eigenvalue weighted by atomic mass is 16.4. The van der Waals surface area contributed by atoms with Gasteiger partial charge in [0, 0.05) is 12.8 Å². The van der Waals surface area contributed by atoms with Gasteiger partial charge in [0.25, 0.3) is 0 Å². The van der Waals surface area contributed by atoms with Crippen molar-refractivity contribution in [1.82, 2.24) is 0 Å². The first kappa shape index (κ1) is 9.32. The van der Waals surface area contributed by atoms with Crippen LogP contribution in [-0.4, -0.2) is 12.9 Å². The SMILES string of the molecule is CC#CCCCC[O+]=[C-]C1CC1. The Morgan fingerprint density at radius 1 is 1.42 bits per heavy atom. The molecule has 0 aromatic heterocycles. The van der Waals surface area contributed by atoms with Crippen molar-refractivity contribution >= 4 is 6.29 Å². The minimum absolute atomic E-state index is 0.653. The van der Waals surface area contributed by atoms with Gasteiger partial charge in [-0.2, -0.15) is 0 Å². The fourth-order valence-corrected chi connectivity index (χ4v) is 0.891. The Morgan fingerprint density at radius 3 is 2.92 bits per heavy atom. The first-order valence-electron chi connectivity index (χ1n) is 4.70. The fraction of sp³-hybridized carbons (Fsp3) is 0.727. The lowest BCUT2D eigenvalue weighted by Crippen LogP contribution is -1.88. The Morgan fingerprint density at radius 2 is 2.25 bits per heavy atom. The number of rotatable bonds is 5. The van der Waals surface area contributed by atoms with E-state index in [9.17, 15) is 0 Å². The number of hydrogen-bond donors (Lipinski definition) is 0. The van der Waals surface area contributed by atoms with Crippen molar-refractivity contribution in [3.8, 4) is 11.8 Å². The maximum Gasteiger partial charge on any atom is 0.218 e. The van der Waals surface area contributed by atoms with Crippen LogP contribution in [0, 0.1) is 17.8 Å². The van der Waals surface area contributed by atoms with E-state index in [0.717, 1.165) is 25.9 Å². The van der Waals surface area contributed by atoms with Gasteiger partial charge < -0.3 is 4.42 Å². The maximum atomic E-state index is 5.24. The highest BCUT2D eigenvalue weighted by molar-refractivity contribution is 5.58. The first-order chi connectivity index (χ1) is 5.93. The van der Waals surface area contributed by atoms with Gasteiger partial charge in [0.1, 0.15) is 0 Å². The lowest BCUT2D eigenvalue weighted by molar-refractivity contribution is 0.100. The van der Waals surface area contributed by atoms with E-state index in [2.05, 4.69) is 18.1 Å². The predicted molar refractivity (Wildman–Crippen MR) is 50.6 cm³/mol. The molecular weight excluding hydrogens is 148 g/mol. The van der Waals surface area contributed by atoms with Crippen LogP contribution in [-0.2, 0) is 4.42 Å². The molecule has 1 heteroatoms. The Labute approximate surface area is 74.9 Å². The van der Waals surface area contributed by atoms with Crippen LogP contribution in [0.4, 0.5) is 0 Å². The van der Waals surface area contributed by atoms with E-state index in [0.29, 0.717) is 5.92 Å². The third kappa shape index (κ3) is 4.96. The molecule has 0 aliphatic heterocycles. The number of unbranched alkanes of at least 4 members (excludes halogenated alkanes) is 2. The molecule has 0 amide bonds. The zero-order chi connectivity index (χ0) is 8.65. The molecule has 1 aliphatic rings. The van der Waals surface area contributed by atoms with Gasteiger partial charge in [-0.15, -0.1) is 11.8 Å². The normalized spacial score (nSPS) is 16.1. The number of carbonyl (C=O) groups excluding carboxylic acids is 1. The summed E-state index contributed by atoms with van der Waals surface area (Å²) in [6, 6.07) is 0. The average Bonchev–Trinajstić information content (AvgIpc) is 2.87. The standard InChI is InChI=1S/C11H16O/c1-2-3-4-5-6-9-12-10-11-7-8-11/h11H,4-9H2,1H3. The smallest absolute Gasteiger partial charge is 0.218 e. The molecule has 1 aliphatic carbocycles. The molecule has 0 spiro atoms. The molecule has 0 aromatic carbocycles. The molecule has 12 heavy (non-hydrogen) atoms. The fourth-order valence-electron chi connectivity index (χ4n) is 0.891. The predicted octanol–water partition coefficient (Wildman–Crippen LogP) is 2.24. The van der Waals surface area contributed by atoms with E-state index in [1.807, 2.05) is 6.92 Å². The second-order valence-electron chi connectivity index (χ2n) is 3.12. The summed E-state index contributed by atoms with van der Waals surface area (Å²) in [6.07, 6.45) is 8.82. The molecular formula is C11H16O. The molecule has 1 saturated carbocycles. The minimum atomic E-state index is 0.653. The van der Waals surface area contributed by atoms with Gasteiger partial charge >= 0.3 is 0 Å². The Bertz CT molecular complexity index is 191. The quantitative estimate of drug-likeness (QED) is 0.255. The molecule has 66 valence electrons. The summed E-state index contributed by atoms with van der Waals surface area (Å²) in [5.74, 6) is 6.57. The summed E-state index contributed by atoms with van der Waals surface area (Å²) in [6.45, 7) is 2.70. The minimum Gasteiger partial charge on any atom is -0.456 e. The molecule has 0 unspecified atom stereocenters. The van der Waals surface area contributed by atoms with Crippen molar-refractivity contribution in [2.75, 3.05) is 6.61 Å². The van der Waals surface area contributed by atoms with Gasteiger partial charge in [0.15, 0.2) is 0 Å². The van der Waals surface area contributed by atoms with Gasteiger partial charge in [-0.3, -0.25) is 0 Å². The summed E-state index contributed by atoms with van der Waals surface area (Å²) in [4.78, 5) is 0. The molecule has 1 nitrogen and oxygen atoms in total. The molecule has 1 fully saturated rings. The monoisotopic (exact) mass is 164 g/mol. The molecule has 1 rings (SSSR count). The lowest BCUT2D eigenvalue weighted by atomic mass is 10.2. The van der Waals surface area contributed by atoms with E-state index in [-0.39, 0.29) is 0 Å². The average molecular weight is 164 g/mol. The van der Waals surface area contributed by atoms with Crippen molar-refractivity contribution in [2.24, 2.45) is 5.92 Å². The van der Waals surface area contributed by atoms with Crippen molar-refractivity contribution in [1.29, 1.82) is 0 Å². The van der Waals surface area contributed by atoms with Crippen molar-refractivity contribution < 1.29 is 4.42 Å². The van der Waals surface area contributed by atoms with E-state index in [1.165, 1.54) is 12.8 Å². The molecule has 0 radical (unpaired) electrons. The zero-order valence-corrected chi connectivity index (χ0v) is 7.73. The Kier molecular flexibility index (Phi) is 4.52. The van der Waals surface area contributed by atoms with E-state index < -0.39 is 0 Å². The number of hydrogen-bond acceptors (Lipinski definition) is 0. The van der Waals surface area contributed by atoms with Gasteiger partial charge in [0.05, 0.1) is 0 Å². The summed E-state index contributed by atoms with van der Waals surface area (Å²) in [5, 5.41) is 0. The second-order valence-corrected chi connectivity index (χ2v) is 3.12. The van der Waals surface area contributed by atoms with Crippen molar-refractivity contribution in [3.05, 3.63) is 0 Å². The van der Waals surface area contributed by atoms with Crippen molar-refractivity contribution in [2.45, 2.75) is 39.0 Å². The van der Waals surface area contributed by atoms with Crippen LogP contribution < -0.4 is 0 Å². The summed E-state index contributed by atoms with van der Waals surface area (Å²) < 4.78 is 5.24. The van der Waals surface area contributed by atoms with Crippen LogP contribution in [0.5, 0.6) is 0 Å². The van der Waals surface area contributed by atoms with E-state index in [4.69, 9.17) is 4.42 Å². The third-order valence-electron chi connectivity index (χ3n) is 1.80. The zero-order valence-electron chi connectivity index (χ0n) is 7.73. The largest absolute Gasteiger partial charge is 0.456 e. The van der Waals surface area contributed by atoms with E-state index >= 15 is 0 Å². The Hall–Kier alpha value is -0.770. The van der Waals surface area contributed by atoms with Gasteiger partial charge in [-0.05, 0) is 19.6 Å². The summed E-state index contributed by atoms with van der Waals surface area (Å²) in [5.41, 5.74) is 0. The van der Waals surface area contributed by atoms with Crippen LogP contribution in [0.3, 0.4) is 0 Å².